The highest BCUT2D eigenvalue weighted by atomic mass is 19.2. The second-order valence-corrected chi connectivity index (χ2v) is 4.27. The van der Waals surface area contributed by atoms with Crippen LogP contribution in [0.2, 0.25) is 0 Å². The van der Waals surface area contributed by atoms with E-state index in [1.165, 1.54) is 0 Å². The van der Waals surface area contributed by atoms with Gasteiger partial charge in [-0.25, -0.2) is 4.39 Å². The molecule has 0 aliphatic rings. The van der Waals surface area contributed by atoms with Crippen LogP contribution in [0.4, 0.5) is 8.78 Å². The fourth-order valence-corrected chi connectivity index (χ4v) is 2.11. The third-order valence-electron chi connectivity index (χ3n) is 3.00. The van der Waals surface area contributed by atoms with Gasteiger partial charge in [0, 0.05) is 10.9 Å². The lowest BCUT2D eigenvalue weighted by molar-refractivity contribution is 0.466. The number of aryl methyl sites for hydroxylation is 1. The van der Waals surface area contributed by atoms with Crippen LogP contribution in [-0.4, -0.2) is 6.54 Å². The van der Waals surface area contributed by atoms with Gasteiger partial charge in [-0.2, -0.15) is 4.39 Å². The standard InChI is InChI=1S/C14H17F2NO/c1-3-7-17-8-12-9(4-2)10-5-6-11(15)13(16)14(10)18-12/h5-6,17H,3-4,7-8H2,1-2H3. The Hall–Kier alpha value is -1.42. The van der Waals surface area contributed by atoms with E-state index in [1.54, 1.807) is 6.07 Å². The molecule has 0 aliphatic heterocycles. The Balaban J connectivity index is 2.44. The quantitative estimate of drug-likeness (QED) is 0.820. The molecule has 1 N–H and O–H groups in total. The zero-order valence-electron chi connectivity index (χ0n) is 10.6. The highest BCUT2D eigenvalue weighted by Gasteiger charge is 2.17. The summed E-state index contributed by atoms with van der Waals surface area (Å²) in [6.07, 6.45) is 1.76. The van der Waals surface area contributed by atoms with Gasteiger partial charge < -0.3 is 9.73 Å². The summed E-state index contributed by atoms with van der Waals surface area (Å²) in [6, 6.07) is 2.73. The molecule has 0 fully saturated rings. The first-order valence-corrected chi connectivity index (χ1v) is 6.28. The molecule has 2 rings (SSSR count). The second kappa shape index (κ2) is 5.48. The zero-order chi connectivity index (χ0) is 13.1. The van der Waals surface area contributed by atoms with Gasteiger partial charge in [0.2, 0.25) is 5.82 Å². The van der Waals surface area contributed by atoms with Crippen LogP contribution >= 0.6 is 0 Å². The minimum absolute atomic E-state index is 0.0279. The van der Waals surface area contributed by atoms with Crippen LogP contribution in [0.15, 0.2) is 16.5 Å². The summed E-state index contributed by atoms with van der Waals surface area (Å²) >= 11 is 0. The van der Waals surface area contributed by atoms with Gasteiger partial charge in [0.05, 0.1) is 6.54 Å². The summed E-state index contributed by atoms with van der Waals surface area (Å²) in [7, 11) is 0. The summed E-state index contributed by atoms with van der Waals surface area (Å²) in [6.45, 7) is 5.47. The van der Waals surface area contributed by atoms with E-state index >= 15 is 0 Å². The molecule has 2 aromatic rings. The maximum atomic E-state index is 13.6. The van der Waals surface area contributed by atoms with Crippen LogP contribution in [0.1, 0.15) is 31.6 Å². The van der Waals surface area contributed by atoms with E-state index in [-0.39, 0.29) is 5.58 Å². The van der Waals surface area contributed by atoms with Crippen molar-refractivity contribution in [1.29, 1.82) is 0 Å². The summed E-state index contributed by atoms with van der Waals surface area (Å²) in [5, 5.41) is 3.88. The van der Waals surface area contributed by atoms with Crippen molar-refractivity contribution >= 4 is 11.0 Å². The van der Waals surface area contributed by atoms with Crippen molar-refractivity contribution in [1.82, 2.24) is 5.32 Å². The molecule has 1 aromatic heterocycles. The predicted molar refractivity (Wildman–Crippen MR) is 67.5 cm³/mol. The molecule has 0 radical (unpaired) electrons. The average Bonchev–Trinajstić information content (AvgIpc) is 2.73. The molecule has 1 aromatic carbocycles. The van der Waals surface area contributed by atoms with E-state index in [2.05, 4.69) is 12.2 Å². The number of benzene rings is 1. The van der Waals surface area contributed by atoms with E-state index in [4.69, 9.17) is 4.42 Å². The minimum Gasteiger partial charge on any atom is -0.456 e. The third-order valence-corrected chi connectivity index (χ3v) is 3.00. The van der Waals surface area contributed by atoms with Crippen LogP contribution in [0.25, 0.3) is 11.0 Å². The zero-order valence-corrected chi connectivity index (χ0v) is 10.6. The molecule has 0 amide bonds. The van der Waals surface area contributed by atoms with Crippen LogP contribution < -0.4 is 5.32 Å². The molecular weight excluding hydrogens is 236 g/mol. The van der Waals surface area contributed by atoms with Crippen molar-refractivity contribution in [3.63, 3.8) is 0 Å². The van der Waals surface area contributed by atoms with Gasteiger partial charge >= 0.3 is 0 Å². The molecule has 0 aliphatic carbocycles. The highest BCUT2D eigenvalue weighted by molar-refractivity contribution is 5.82. The number of halogens is 2. The van der Waals surface area contributed by atoms with E-state index in [1.807, 2.05) is 6.92 Å². The Morgan fingerprint density at radius 1 is 1.22 bits per heavy atom. The van der Waals surface area contributed by atoms with Gasteiger partial charge in [-0.3, -0.25) is 0 Å². The van der Waals surface area contributed by atoms with Gasteiger partial charge in [-0.15, -0.1) is 0 Å². The lowest BCUT2D eigenvalue weighted by atomic mass is 10.1. The van der Waals surface area contributed by atoms with E-state index in [9.17, 15) is 8.78 Å². The molecule has 0 unspecified atom stereocenters. The summed E-state index contributed by atoms with van der Waals surface area (Å²) in [5.41, 5.74) is 0.979. The van der Waals surface area contributed by atoms with Crippen LogP contribution in [-0.2, 0) is 13.0 Å². The van der Waals surface area contributed by atoms with Gasteiger partial charge in [-0.1, -0.05) is 13.8 Å². The Labute approximate surface area is 105 Å². The van der Waals surface area contributed by atoms with Crippen molar-refractivity contribution in [2.75, 3.05) is 6.54 Å². The van der Waals surface area contributed by atoms with E-state index in [0.29, 0.717) is 17.7 Å². The first kappa shape index (κ1) is 13.0. The van der Waals surface area contributed by atoms with Crippen LogP contribution in [0, 0.1) is 11.6 Å². The Bertz CT molecular complexity index is 548. The van der Waals surface area contributed by atoms with Crippen molar-refractivity contribution in [2.24, 2.45) is 0 Å². The fourth-order valence-electron chi connectivity index (χ4n) is 2.11. The third kappa shape index (κ3) is 2.25. The van der Waals surface area contributed by atoms with Gasteiger partial charge in [0.25, 0.3) is 0 Å². The molecule has 0 spiro atoms. The van der Waals surface area contributed by atoms with Crippen LogP contribution in [0.3, 0.4) is 0 Å². The molecule has 0 saturated heterocycles. The predicted octanol–water partition coefficient (Wildman–Crippen LogP) is 3.77. The first-order chi connectivity index (χ1) is 8.69. The van der Waals surface area contributed by atoms with Crippen molar-refractivity contribution in [3.05, 3.63) is 35.1 Å². The van der Waals surface area contributed by atoms with E-state index in [0.717, 1.165) is 31.0 Å². The number of hydrogen-bond acceptors (Lipinski definition) is 2. The highest BCUT2D eigenvalue weighted by Crippen LogP contribution is 2.29. The number of furan rings is 1. The lowest BCUT2D eigenvalue weighted by Gasteiger charge is -2.01. The fraction of sp³-hybridized carbons (Fsp3) is 0.429. The molecular formula is C14H17F2NO. The van der Waals surface area contributed by atoms with Crippen molar-refractivity contribution in [2.45, 2.75) is 33.2 Å². The molecule has 2 nitrogen and oxygen atoms in total. The molecule has 0 bridgehead atoms. The summed E-state index contributed by atoms with van der Waals surface area (Å²) < 4.78 is 32.2. The SMILES string of the molecule is CCCNCc1oc2c(F)c(F)ccc2c1CC. The molecule has 1 heterocycles. The smallest absolute Gasteiger partial charge is 0.201 e. The topological polar surface area (TPSA) is 25.2 Å². The number of fused-ring (bicyclic) bond motifs is 1. The van der Waals surface area contributed by atoms with Crippen molar-refractivity contribution < 1.29 is 13.2 Å². The minimum atomic E-state index is -0.899. The molecule has 18 heavy (non-hydrogen) atoms. The maximum absolute atomic E-state index is 13.6. The first-order valence-electron chi connectivity index (χ1n) is 6.28. The van der Waals surface area contributed by atoms with Crippen molar-refractivity contribution in [3.8, 4) is 0 Å². The molecule has 98 valence electrons. The van der Waals surface area contributed by atoms with Gasteiger partial charge in [0.15, 0.2) is 11.4 Å². The number of rotatable bonds is 5. The molecule has 0 atom stereocenters. The molecule has 0 saturated carbocycles. The largest absolute Gasteiger partial charge is 0.456 e. The Morgan fingerprint density at radius 3 is 2.67 bits per heavy atom. The summed E-state index contributed by atoms with van der Waals surface area (Å²) in [4.78, 5) is 0. The lowest BCUT2D eigenvalue weighted by Crippen LogP contribution is -2.14. The monoisotopic (exact) mass is 253 g/mol. The second-order valence-electron chi connectivity index (χ2n) is 4.27. The van der Waals surface area contributed by atoms with Gasteiger partial charge in [0.1, 0.15) is 5.76 Å². The Morgan fingerprint density at radius 2 is 2.00 bits per heavy atom. The average molecular weight is 253 g/mol. The van der Waals surface area contributed by atoms with Crippen LogP contribution in [0.5, 0.6) is 0 Å². The molecule has 4 heteroatoms. The number of hydrogen-bond donors (Lipinski definition) is 1. The maximum Gasteiger partial charge on any atom is 0.201 e. The normalized spacial score (nSPS) is 11.3. The Kier molecular flexibility index (Phi) is 3.97. The summed E-state index contributed by atoms with van der Waals surface area (Å²) in [5.74, 6) is -1.07. The number of nitrogens with one attached hydrogen (secondary N) is 1. The van der Waals surface area contributed by atoms with E-state index < -0.39 is 11.6 Å². The van der Waals surface area contributed by atoms with Gasteiger partial charge in [-0.05, 0) is 31.5 Å².